The van der Waals surface area contributed by atoms with E-state index in [-0.39, 0.29) is 10.6 Å². The topological polar surface area (TPSA) is 80.1 Å². The van der Waals surface area contributed by atoms with E-state index in [0.717, 1.165) is 42.3 Å². The summed E-state index contributed by atoms with van der Waals surface area (Å²) in [5.74, 6) is 0. The van der Waals surface area contributed by atoms with Crippen LogP contribution in [-0.4, -0.2) is 22.0 Å². The third-order valence-electron chi connectivity index (χ3n) is 5.65. The molecule has 3 aromatic rings. The lowest BCUT2D eigenvalue weighted by Gasteiger charge is -2.30. The molecule has 1 fully saturated rings. The molecule has 156 valence electrons. The summed E-state index contributed by atoms with van der Waals surface area (Å²) in [5, 5.41) is 20.5. The molecule has 0 saturated heterocycles. The number of hydrogen-bond donors (Lipinski definition) is 2. The molecule has 1 aliphatic carbocycles. The predicted molar refractivity (Wildman–Crippen MR) is 121 cm³/mol. The van der Waals surface area contributed by atoms with Crippen molar-refractivity contribution in [3.63, 3.8) is 0 Å². The Labute approximate surface area is 184 Å². The van der Waals surface area contributed by atoms with E-state index >= 15 is 0 Å². The van der Waals surface area contributed by atoms with Gasteiger partial charge in [0.2, 0.25) is 0 Å². The first-order valence-corrected chi connectivity index (χ1v) is 10.7. The van der Waals surface area contributed by atoms with Crippen LogP contribution >= 0.6 is 23.2 Å². The van der Waals surface area contributed by atoms with Crippen molar-refractivity contribution in [2.75, 3.05) is 5.32 Å². The summed E-state index contributed by atoms with van der Waals surface area (Å²) >= 11 is 12.3. The Kier molecular flexibility index (Phi) is 6.37. The molecule has 2 N–H and O–H groups in total. The van der Waals surface area contributed by atoms with E-state index in [4.69, 9.17) is 23.2 Å². The van der Waals surface area contributed by atoms with E-state index < -0.39 is 0 Å². The van der Waals surface area contributed by atoms with E-state index in [1.54, 1.807) is 18.3 Å². The van der Waals surface area contributed by atoms with Gasteiger partial charge in [-0.2, -0.15) is 0 Å². The number of halogens is 2. The van der Waals surface area contributed by atoms with Crippen molar-refractivity contribution in [2.24, 2.45) is 0 Å². The molecule has 0 unspecified atom stereocenters. The maximum atomic E-state index is 11.3. The van der Waals surface area contributed by atoms with Crippen LogP contribution in [0.3, 0.4) is 0 Å². The molecule has 4 rings (SSSR count). The SMILES string of the molecule is O=[N+]([O-])c1cccc(Cl)c1CNC1CCC(Nc2ccnc3cc(Cl)ccc23)CC1. The van der Waals surface area contributed by atoms with Crippen LogP contribution in [0.2, 0.25) is 10.0 Å². The fourth-order valence-electron chi connectivity index (χ4n) is 4.05. The first kappa shape index (κ1) is 20.8. The van der Waals surface area contributed by atoms with Gasteiger partial charge in [-0.1, -0.05) is 29.3 Å². The van der Waals surface area contributed by atoms with Crippen molar-refractivity contribution in [3.8, 4) is 0 Å². The minimum absolute atomic E-state index is 0.0648. The monoisotopic (exact) mass is 444 g/mol. The van der Waals surface area contributed by atoms with Crippen LogP contribution < -0.4 is 10.6 Å². The van der Waals surface area contributed by atoms with E-state index in [0.29, 0.717) is 34.2 Å². The highest BCUT2D eigenvalue weighted by molar-refractivity contribution is 6.31. The number of fused-ring (bicyclic) bond motifs is 1. The maximum absolute atomic E-state index is 11.3. The van der Waals surface area contributed by atoms with Gasteiger partial charge in [0.15, 0.2) is 0 Å². The molecule has 0 amide bonds. The average molecular weight is 445 g/mol. The first-order valence-electron chi connectivity index (χ1n) is 9.97. The number of anilines is 1. The molecule has 0 radical (unpaired) electrons. The predicted octanol–water partition coefficient (Wildman–Crippen LogP) is 5.96. The van der Waals surface area contributed by atoms with Crippen LogP contribution in [0, 0.1) is 10.1 Å². The Balaban J connectivity index is 1.35. The molecule has 1 aromatic heterocycles. The minimum atomic E-state index is -0.379. The van der Waals surface area contributed by atoms with Crippen molar-refractivity contribution in [3.05, 3.63) is 74.4 Å². The molecule has 0 aliphatic heterocycles. The van der Waals surface area contributed by atoms with Gasteiger partial charge in [0.1, 0.15) is 0 Å². The maximum Gasteiger partial charge on any atom is 0.275 e. The lowest BCUT2D eigenvalue weighted by molar-refractivity contribution is -0.385. The Hall–Kier alpha value is -2.41. The van der Waals surface area contributed by atoms with Gasteiger partial charge < -0.3 is 10.6 Å². The summed E-state index contributed by atoms with van der Waals surface area (Å²) in [4.78, 5) is 15.3. The number of nitrogens with one attached hydrogen (secondary N) is 2. The highest BCUT2D eigenvalue weighted by atomic mass is 35.5. The van der Waals surface area contributed by atoms with E-state index in [2.05, 4.69) is 15.6 Å². The van der Waals surface area contributed by atoms with Crippen LogP contribution in [0.5, 0.6) is 0 Å². The Morgan fingerprint density at radius 3 is 2.60 bits per heavy atom. The largest absolute Gasteiger partial charge is 0.382 e. The van der Waals surface area contributed by atoms with Gasteiger partial charge in [-0.15, -0.1) is 0 Å². The fraction of sp³-hybridized carbons (Fsp3) is 0.318. The van der Waals surface area contributed by atoms with Gasteiger partial charge in [-0.3, -0.25) is 15.1 Å². The number of rotatable bonds is 6. The molecule has 0 spiro atoms. The molecule has 2 aromatic carbocycles. The van der Waals surface area contributed by atoms with Crippen LogP contribution in [-0.2, 0) is 6.54 Å². The summed E-state index contributed by atoms with van der Waals surface area (Å²) in [6.45, 7) is 0.397. The van der Waals surface area contributed by atoms with Gasteiger partial charge in [-0.05, 0) is 56.0 Å². The van der Waals surface area contributed by atoms with Crippen molar-refractivity contribution in [2.45, 2.75) is 44.3 Å². The molecular weight excluding hydrogens is 423 g/mol. The zero-order chi connectivity index (χ0) is 21.1. The van der Waals surface area contributed by atoms with Crippen LogP contribution in [0.25, 0.3) is 10.9 Å². The molecule has 1 aliphatic rings. The minimum Gasteiger partial charge on any atom is -0.382 e. The number of pyridine rings is 1. The van der Waals surface area contributed by atoms with Gasteiger partial charge in [0.25, 0.3) is 5.69 Å². The normalized spacial score (nSPS) is 19.0. The summed E-state index contributed by atoms with van der Waals surface area (Å²) < 4.78 is 0. The van der Waals surface area contributed by atoms with Crippen molar-refractivity contribution in [1.82, 2.24) is 10.3 Å². The Morgan fingerprint density at radius 2 is 1.83 bits per heavy atom. The van der Waals surface area contributed by atoms with Gasteiger partial charge in [0.05, 0.1) is 21.0 Å². The number of aromatic nitrogens is 1. The second kappa shape index (κ2) is 9.16. The standard InChI is InChI=1S/C22H22Cl2N4O2/c23-14-4-9-17-20(10-11-25-21(17)12-14)27-16-7-5-15(6-8-16)26-13-18-19(24)2-1-3-22(18)28(29)30/h1-4,9-12,15-16,26H,5-8,13H2,(H,25,27). The van der Waals surface area contributed by atoms with Crippen molar-refractivity contribution >= 4 is 45.5 Å². The molecule has 0 bridgehead atoms. The number of nitro groups is 1. The average Bonchev–Trinajstić information content (AvgIpc) is 2.73. The van der Waals surface area contributed by atoms with Gasteiger partial charge >= 0.3 is 0 Å². The zero-order valence-corrected chi connectivity index (χ0v) is 17.8. The van der Waals surface area contributed by atoms with Crippen LogP contribution in [0.4, 0.5) is 11.4 Å². The second-order valence-electron chi connectivity index (χ2n) is 7.59. The van der Waals surface area contributed by atoms with Gasteiger partial charge in [-0.25, -0.2) is 0 Å². The third-order valence-corrected chi connectivity index (χ3v) is 6.24. The number of nitrogens with zero attached hydrogens (tertiary/aromatic N) is 2. The molecule has 0 atom stereocenters. The second-order valence-corrected chi connectivity index (χ2v) is 8.43. The molecular formula is C22H22Cl2N4O2. The summed E-state index contributed by atoms with van der Waals surface area (Å²) in [5.41, 5.74) is 2.56. The lowest BCUT2D eigenvalue weighted by atomic mass is 9.90. The third kappa shape index (κ3) is 4.67. The van der Waals surface area contributed by atoms with E-state index in [1.807, 2.05) is 24.3 Å². The molecule has 1 heterocycles. The molecule has 30 heavy (non-hydrogen) atoms. The van der Waals surface area contributed by atoms with Gasteiger partial charge in [0, 0.05) is 47.0 Å². The molecule has 1 saturated carbocycles. The highest BCUT2D eigenvalue weighted by Gasteiger charge is 2.23. The van der Waals surface area contributed by atoms with E-state index in [1.165, 1.54) is 6.07 Å². The fourth-order valence-corrected chi connectivity index (χ4v) is 4.45. The first-order chi connectivity index (χ1) is 14.5. The number of hydrogen-bond acceptors (Lipinski definition) is 5. The quantitative estimate of drug-likeness (QED) is 0.361. The smallest absolute Gasteiger partial charge is 0.275 e. The van der Waals surface area contributed by atoms with E-state index in [9.17, 15) is 10.1 Å². The summed E-state index contributed by atoms with van der Waals surface area (Å²) in [7, 11) is 0. The summed E-state index contributed by atoms with van der Waals surface area (Å²) in [6, 6.07) is 13.2. The number of nitro benzene ring substituents is 1. The molecule has 6 nitrogen and oxygen atoms in total. The zero-order valence-electron chi connectivity index (χ0n) is 16.3. The highest BCUT2D eigenvalue weighted by Crippen LogP contribution is 2.29. The Morgan fingerprint density at radius 1 is 1.07 bits per heavy atom. The van der Waals surface area contributed by atoms with Crippen LogP contribution in [0.1, 0.15) is 31.2 Å². The lowest BCUT2D eigenvalue weighted by Crippen LogP contribution is -2.36. The van der Waals surface area contributed by atoms with Crippen molar-refractivity contribution < 1.29 is 4.92 Å². The molecule has 8 heteroatoms. The van der Waals surface area contributed by atoms with Crippen molar-refractivity contribution in [1.29, 1.82) is 0 Å². The summed E-state index contributed by atoms with van der Waals surface area (Å²) in [6.07, 6.45) is 5.81. The number of benzene rings is 2. The van der Waals surface area contributed by atoms with Crippen LogP contribution in [0.15, 0.2) is 48.7 Å². The Bertz CT molecular complexity index is 1070.